The van der Waals surface area contributed by atoms with E-state index in [1.165, 1.54) is 6.08 Å². The molecule has 0 fully saturated rings. The Labute approximate surface area is 144 Å². The minimum absolute atomic E-state index is 0.0422. The fourth-order valence-corrected chi connectivity index (χ4v) is 3.04. The monoisotopic (exact) mass is 349 g/mol. The van der Waals surface area contributed by atoms with E-state index in [1.807, 2.05) is 30.5 Å². The molecule has 0 amide bonds. The van der Waals surface area contributed by atoms with Gasteiger partial charge in [0, 0.05) is 4.90 Å². The van der Waals surface area contributed by atoms with Crippen molar-refractivity contribution >= 4 is 29.6 Å². The average Bonchev–Trinajstić information content (AvgIpc) is 2.88. The summed E-state index contributed by atoms with van der Waals surface area (Å²) in [7, 11) is 0. The van der Waals surface area contributed by atoms with Crippen LogP contribution in [0.3, 0.4) is 0 Å². The molecule has 0 radical (unpaired) electrons. The summed E-state index contributed by atoms with van der Waals surface area (Å²) in [6.07, 6.45) is 4.32. The van der Waals surface area contributed by atoms with Crippen molar-refractivity contribution in [3.8, 4) is 5.69 Å². The third kappa shape index (κ3) is 3.74. The number of aliphatic hydroxyl groups is 2. The van der Waals surface area contributed by atoms with Crippen molar-refractivity contribution in [3.63, 3.8) is 0 Å². The van der Waals surface area contributed by atoms with Crippen LogP contribution in [0.4, 0.5) is 0 Å². The Bertz CT molecular complexity index is 804. The summed E-state index contributed by atoms with van der Waals surface area (Å²) in [5, 5.41) is 26.8. The lowest BCUT2D eigenvalue weighted by molar-refractivity contribution is 0.238. The Balaban J connectivity index is 2.66. The van der Waals surface area contributed by atoms with Gasteiger partial charge in [-0.25, -0.2) is 0 Å². The number of nitrogens with zero attached hydrogens (tertiary/aromatic N) is 2. The Morgan fingerprint density at radius 3 is 2.74 bits per heavy atom. The van der Waals surface area contributed by atoms with Crippen molar-refractivity contribution in [1.82, 2.24) is 14.8 Å². The van der Waals surface area contributed by atoms with Crippen LogP contribution < -0.4 is 0 Å². The number of thioether (sulfide) groups is 1. The van der Waals surface area contributed by atoms with Gasteiger partial charge in [0.15, 0.2) is 10.6 Å². The molecule has 122 valence electrons. The van der Waals surface area contributed by atoms with Gasteiger partial charge in [-0.05, 0) is 50.5 Å². The van der Waals surface area contributed by atoms with Crippen molar-refractivity contribution in [2.24, 2.45) is 0 Å². The zero-order chi connectivity index (χ0) is 17.0. The summed E-state index contributed by atoms with van der Waals surface area (Å²) in [6, 6.07) is 7.83. The lowest BCUT2D eigenvalue weighted by Gasteiger charge is -2.12. The van der Waals surface area contributed by atoms with Crippen molar-refractivity contribution in [1.29, 1.82) is 0 Å². The number of aliphatic hydroxyl groups excluding tert-OH is 2. The summed E-state index contributed by atoms with van der Waals surface area (Å²) >= 11 is 6.97. The number of benzene rings is 1. The van der Waals surface area contributed by atoms with E-state index in [0.717, 1.165) is 10.6 Å². The molecule has 1 aromatic carbocycles. The Kier molecular flexibility index (Phi) is 5.81. The number of rotatable bonds is 5. The molecule has 2 aromatic rings. The number of aromatic amines is 1. The first-order valence-electron chi connectivity index (χ1n) is 7.06. The van der Waals surface area contributed by atoms with Gasteiger partial charge in [-0.3, -0.25) is 9.67 Å². The average molecular weight is 349 g/mol. The molecule has 1 heterocycles. The predicted molar refractivity (Wildman–Crippen MR) is 96.6 cm³/mol. The second kappa shape index (κ2) is 7.63. The standard InChI is InChI=1S/C16H19N3O2S2/c1-4-11(13(21)9-10(2)20)15-17-18-16(22)19(15)12-7-5-6-8-14(12)23-3/h4-10,20-21H,1-3H3,(H,18,22)/b11-4+,13-9+. The molecule has 0 saturated carbocycles. The number of hydrogen-bond donors (Lipinski definition) is 3. The van der Waals surface area contributed by atoms with E-state index >= 15 is 0 Å². The molecule has 0 saturated heterocycles. The molecule has 7 heteroatoms. The van der Waals surface area contributed by atoms with Crippen LogP contribution in [-0.4, -0.2) is 37.3 Å². The molecular weight excluding hydrogens is 330 g/mol. The molecular formula is C16H19N3O2S2. The predicted octanol–water partition coefficient (Wildman–Crippen LogP) is 3.88. The van der Waals surface area contributed by atoms with Crippen molar-refractivity contribution in [2.45, 2.75) is 24.8 Å². The topological polar surface area (TPSA) is 74.1 Å². The van der Waals surface area contributed by atoms with Crippen LogP contribution in [0.2, 0.25) is 0 Å². The molecule has 1 atom stereocenters. The first-order chi connectivity index (χ1) is 11.0. The first kappa shape index (κ1) is 17.5. The summed E-state index contributed by atoms with van der Waals surface area (Å²) in [5.74, 6) is 0.452. The molecule has 5 nitrogen and oxygen atoms in total. The van der Waals surface area contributed by atoms with Gasteiger partial charge in [0.1, 0.15) is 5.76 Å². The lowest BCUT2D eigenvalue weighted by atomic mass is 10.1. The molecule has 1 aromatic heterocycles. The van der Waals surface area contributed by atoms with E-state index in [2.05, 4.69) is 10.2 Å². The summed E-state index contributed by atoms with van der Waals surface area (Å²) < 4.78 is 2.22. The van der Waals surface area contributed by atoms with Crippen molar-refractivity contribution in [2.75, 3.05) is 6.26 Å². The van der Waals surface area contributed by atoms with Gasteiger partial charge < -0.3 is 10.2 Å². The third-order valence-corrected chi connectivity index (χ3v) is 4.26. The van der Waals surface area contributed by atoms with Crippen LogP contribution in [0.5, 0.6) is 0 Å². The maximum Gasteiger partial charge on any atom is 0.200 e. The number of para-hydroxylation sites is 1. The molecule has 23 heavy (non-hydrogen) atoms. The van der Waals surface area contributed by atoms with Crippen molar-refractivity contribution in [3.05, 3.63) is 52.8 Å². The Morgan fingerprint density at radius 2 is 2.13 bits per heavy atom. The van der Waals surface area contributed by atoms with Gasteiger partial charge in [-0.15, -0.1) is 11.8 Å². The maximum atomic E-state index is 10.3. The second-order valence-corrected chi connectivity index (χ2v) is 6.09. The highest BCUT2D eigenvalue weighted by atomic mass is 32.2. The number of aromatic nitrogens is 3. The van der Waals surface area contributed by atoms with Crippen LogP contribution in [0.1, 0.15) is 19.7 Å². The quantitative estimate of drug-likeness (QED) is 0.331. The number of nitrogens with one attached hydrogen (secondary N) is 1. The van der Waals surface area contributed by atoms with E-state index in [-0.39, 0.29) is 5.76 Å². The molecule has 3 N–H and O–H groups in total. The van der Waals surface area contributed by atoms with Crippen LogP contribution >= 0.6 is 24.0 Å². The second-order valence-electron chi connectivity index (χ2n) is 4.85. The molecule has 0 bridgehead atoms. The zero-order valence-corrected chi connectivity index (χ0v) is 14.8. The maximum absolute atomic E-state index is 10.3. The fourth-order valence-electron chi connectivity index (χ4n) is 2.23. The van der Waals surface area contributed by atoms with Gasteiger partial charge in [0.25, 0.3) is 0 Å². The third-order valence-electron chi connectivity index (χ3n) is 3.20. The van der Waals surface area contributed by atoms with Crippen LogP contribution in [0.15, 0.2) is 47.1 Å². The van der Waals surface area contributed by atoms with Crippen LogP contribution in [-0.2, 0) is 0 Å². The van der Waals surface area contributed by atoms with E-state index in [1.54, 1.807) is 36.3 Å². The smallest absolute Gasteiger partial charge is 0.200 e. The van der Waals surface area contributed by atoms with Gasteiger partial charge in [0.05, 0.1) is 17.4 Å². The van der Waals surface area contributed by atoms with Gasteiger partial charge in [-0.2, -0.15) is 5.10 Å². The van der Waals surface area contributed by atoms with Gasteiger partial charge in [-0.1, -0.05) is 18.2 Å². The molecule has 2 rings (SSSR count). The SMILES string of the molecule is C/C=C(\C(O)=C/C(C)O)c1n[nH]c(=S)n1-c1ccccc1SC. The zero-order valence-electron chi connectivity index (χ0n) is 13.1. The van der Waals surface area contributed by atoms with Gasteiger partial charge in [0.2, 0.25) is 0 Å². The highest BCUT2D eigenvalue weighted by Crippen LogP contribution is 2.28. The largest absolute Gasteiger partial charge is 0.507 e. The Hall–Kier alpha value is -1.83. The summed E-state index contributed by atoms with van der Waals surface area (Å²) in [4.78, 5) is 1.04. The molecule has 0 aliphatic carbocycles. The van der Waals surface area contributed by atoms with Crippen LogP contribution in [0.25, 0.3) is 11.3 Å². The van der Waals surface area contributed by atoms with E-state index < -0.39 is 6.10 Å². The summed E-state index contributed by atoms with van der Waals surface area (Å²) in [5.41, 5.74) is 1.38. The highest BCUT2D eigenvalue weighted by molar-refractivity contribution is 7.98. The minimum atomic E-state index is -0.765. The Morgan fingerprint density at radius 1 is 1.43 bits per heavy atom. The highest BCUT2D eigenvalue weighted by Gasteiger charge is 2.17. The number of hydrogen-bond acceptors (Lipinski definition) is 5. The molecule has 0 spiro atoms. The molecule has 0 aliphatic rings. The van der Waals surface area contributed by atoms with E-state index in [0.29, 0.717) is 16.2 Å². The first-order valence-corrected chi connectivity index (χ1v) is 8.69. The van der Waals surface area contributed by atoms with E-state index in [4.69, 9.17) is 12.2 Å². The lowest BCUT2D eigenvalue weighted by Crippen LogP contribution is -2.05. The van der Waals surface area contributed by atoms with Crippen LogP contribution in [0, 0.1) is 4.77 Å². The molecule has 1 unspecified atom stereocenters. The summed E-state index contributed by atoms with van der Waals surface area (Å²) in [6.45, 7) is 3.37. The molecule has 0 aliphatic heterocycles. The van der Waals surface area contributed by atoms with Crippen molar-refractivity contribution < 1.29 is 10.2 Å². The number of H-pyrrole nitrogens is 1. The minimum Gasteiger partial charge on any atom is -0.507 e. The normalized spacial score (nSPS) is 14.1. The fraction of sp³-hybridized carbons (Fsp3) is 0.250. The van der Waals surface area contributed by atoms with E-state index in [9.17, 15) is 10.2 Å². The number of allylic oxidation sites excluding steroid dienone is 2. The van der Waals surface area contributed by atoms with Gasteiger partial charge >= 0.3 is 0 Å².